The molecule has 0 heterocycles. The van der Waals surface area contributed by atoms with Gasteiger partial charge in [-0.05, 0) is 25.5 Å². The molecule has 0 saturated carbocycles. The zero-order valence-electron chi connectivity index (χ0n) is 8.40. The van der Waals surface area contributed by atoms with E-state index in [0.29, 0.717) is 10.0 Å². The van der Waals surface area contributed by atoms with Gasteiger partial charge in [0.25, 0.3) is 0 Å². The molecule has 1 rings (SSSR count). The first-order valence-corrected chi connectivity index (χ1v) is 5.06. The Morgan fingerprint density at radius 1 is 1.57 bits per heavy atom. The van der Waals surface area contributed by atoms with Gasteiger partial charge in [-0.2, -0.15) is 0 Å². The lowest BCUT2D eigenvalue weighted by Crippen LogP contribution is -2.10. The van der Waals surface area contributed by atoms with Crippen LogP contribution in [0.15, 0.2) is 10.5 Å². The van der Waals surface area contributed by atoms with E-state index in [1.165, 1.54) is 13.2 Å². The van der Waals surface area contributed by atoms with Crippen LogP contribution in [0.5, 0.6) is 5.75 Å². The summed E-state index contributed by atoms with van der Waals surface area (Å²) in [6, 6.07) is 1.14. The van der Waals surface area contributed by atoms with E-state index in [0.717, 1.165) is 5.56 Å². The third-order valence-electron chi connectivity index (χ3n) is 2.14. The van der Waals surface area contributed by atoms with Crippen LogP contribution in [-0.4, -0.2) is 7.11 Å². The van der Waals surface area contributed by atoms with Crippen LogP contribution in [0.3, 0.4) is 0 Å². The second kappa shape index (κ2) is 4.28. The fourth-order valence-corrected chi connectivity index (χ4v) is 1.88. The number of ether oxygens (including phenoxy) is 1. The molecular weight excluding hydrogens is 249 g/mol. The van der Waals surface area contributed by atoms with Crippen molar-refractivity contribution in [3.05, 3.63) is 27.5 Å². The summed E-state index contributed by atoms with van der Waals surface area (Å²) < 4.78 is 19.1. The molecule has 0 fully saturated rings. The Bertz CT molecular complexity index is 352. The molecule has 0 spiro atoms. The number of methoxy groups -OCH3 is 1. The number of hydrogen-bond acceptors (Lipinski definition) is 2. The van der Waals surface area contributed by atoms with Gasteiger partial charge < -0.3 is 10.5 Å². The lowest BCUT2D eigenvalue weighted by molar-refractivity contribution is 0.378. The van der Waals surface area contributed by atoms with E-state index in [4.69, 9.17) is 10.5 Å². The highest BCUT2D eigenvalue weighted by Gasteiger charge is 2.17. The zero-order chi connectivity index (χ0) is 10.9. The molecule has 1 aromatic rings. The Hall–Kier alpha value is -0.610. The SMILES string of the molecule is COc1c(F)cc(Br)c(C)c1C(C)N. The predicted octanol–water partition coefficient (Wildman–Crippen LogP) is 2.92. The van der Waals surface area contributed by atoms with E-state index < -0.39 is 5.82 Å². The number of nitrogens with two attached hydrogens (primary N) is 1. The van der Waals surface area contributed by atoms with Crippen LogP contribution < -0.4 is 10.5 Å². The summed E-state index contributed by atoms with van der Waals surface area (Å²) in [7, 11) is 1.44. The minimum absolute atomic E-state index is 0.237. The molecule has 2 N–H and O–H groups in total. The minimum Gasteiger partial charge on any atom is -0.493 e. The van der Waals surface area contributed by atoms with Crippen molar-refractivity contribution >= 4 is 15.9 Å². The summed E-state index contributed by atoms with van der Waals surface area (Å²) >= 11 is 3.28. The monoisotopic (exact) mass is 261 g/mol. The Morgan fingerprint density at radius 3 is 2.57 bits per heavy atom. The van der Waals surface area contributed by atoms with Crippen LogP contribution in [0.25, 0.3) is 0 Å². The van der Waals surface area contributed by atoms with Gasteiger partial charge in [0.1, 0.15) is 0 Å². The van der Waals surface area contributed by atoms with E-state index in [1.807, 2.05) is 6.92 Å². The van der Waals surface area contributed by atoms with Gasteiger partial charge in [0.05, 0.1) is 7.11 Å². The molecule has 1 unspecified atom stereocenters. The second-order valence-corrected chi connectivity index (χ2v) is 4.06. The molecule has 0 aliphatic rings. The van der Waals surface area contributed by atoms with Crippen molar-refractivity contribution in [2.45, 2.75) is 19.9 Å². The van der Waals surface area contributed by atoms with Gasteiger partial charge in [0.15, 0.2) is 11.6 Å². The predicted molar refractivity (Wildman–Crippen MR) is 58.0 cm³/mol. The number of halogens is 2. The van der Waals surface area contributed by atoms with Crippen LogP contribution in [0.2, 0.25) is 0 Å². The van der Waals surface area contributed by atoms with Crippen LogP contribution in [0.4, 0.5) is 4.39 Å². The third kappa shape index (κ3) is 1.91. The van der Waals surface area contributed by atoms with Gasteiger partial charge in [-0.25, -0.2) is 4.39 Å². The van der Waals surface area contributed by atoms with Crippen LogP contribution in [0.1, 0.15) is 24.1 Å². The maximum atomic E-state index is 13.4. The van der Waals surface area contributed by atoms with Gasteiger partial charge in [-0.3, -0.25) is 0 Å². The Balaban J connectivity index is 3.48. The van der Waals surface area contributed by atoms with Crippen molar-refractivity contribution in [2.24, 2.45) is 5.73 Å². The van der Waals surface area contributed by atoms with Crippen LogP contribution in [-0.2, 0) is 0 Å². The fourth-order valence-electron chi connectivity index (χ4n) is 1.47. The molecule has 78 valence electrons. The molecule has 14 heavy (non-hydrogen) atoms. The molecule has 0 aliphatic heterocycles. The smallest absolute Gasteiger partial charge is 0.166 e. The summed E-state index contributed by atoms with van der Waals surface area (Å²) in [5.74, 6) is -0.155. The normalized spacial score (nSPS) is 12.7. The Morgan fingerprint density at radius 2 is 2.14 bits per heavy atom. The summed E-state index contributed by atoms with van der Waals surface area (Å²) in [6.45, 7) is 3.68. The average Bonchev–Trinajstić information content (AvgIpc) is 2.10. The number of hydrogen-bond donors (Lipinski definition) is 1. The summed E-state index contributed by atoms with van der Waals surface area (Å²) in [6.07, 6.45) is 0. The van der Waals surface area contributed by atoms with E-state index >= 15 is 0 Å². The van der Waals surface area contributed by atoms with Crippen molar-refractivity contribution < 1.29 is 9.13 Å². The van der Waals surface area contributed by atoms with Gasteiger partial charge in [-0.1, -0.05) is 15.9 Å². The van der Waals surface area contributed by atoms with E-state index in [-0.39, 0.29) is 11.8 Å². The molecule has 0 aliphatic carbocycles. The maximum Gasteiger partial charge on any atom is 0.166 e. The summed E-state index contributed by atoms with van der Waals surface area (Å²) in [5, 5.41) is 0. The van der Waals surface area contributed by atoms with Gasteiger partial charge >= 0.3 is 0 Å². The lowest BCUT2D eigenvalue weighted by Gasteiger charge is -2.16. The molecule has 1 aromatic carbocycles. The highest BCUT2D eigenvalue weighted by atomic mass is 79.9. The van der Waals surface area contributed by atoms with Gasteiger partial charge in [0.2, 0.25) is 0 Å². The summed E-state index contributed by atoms with van der Waals surface area (Å²) in [4.78, 5) is 0. The Kier molecular flexibility index (Phi) is 3.50. The average molecular weight is 262 g/mol. The van der Waals surface area contributed by atoms with Crippen molar-refractivity contribution in [3.8, 4) is 5.75 Å². The van der Waals surface area contributed by atoms with Crippen molar-refractivity contribution in [1.29, 1.82) is 0 Å². The molecule has 4 heteroatoms. The molecule has 0 amide bonds. The standard InChI is InChI=1S/C10H13BrFNO/c1-5-7(11)4-8(12)10(14-3)9(5)6(2)13/h4,6H,13H2,1-3H3. The highest BCUT2D eigenvalue weighted by molar-refractivity contribution is 9.10. The van der Waals surface area contributed by atoms with Crippen LogP contribution in [0, 0.1) is 12.7 Å². The van der Waals surface area contributed by atoms with Crippen molar-refractivity contribution in [3.63, 3.8) is 0 Å². The first-order chi connectivity index (χ1) is 6.49. The first-order valence-electron chi connectivity index (χ1n) is 4.27. The van der Waals surface area contributed by atoms with Crippen molar-refractivity contribution in [1.82, 2.24) is 0 Å². The third-order valence-corrected chi connectivity index (χ3v) is 2.96. The first kappa shape index (κ1) is 11.5. The highest BCUT2D eigenvalue weighted by Crippen LogP contribution is 2.34. The van der Waals surface area contributed by atoms with E-state index in [2.05, 4.69) is 15.9 Å². The molecule has 0 bridgehead atoms. The zero-order valence-corrected chi connectivity index (χ0v) is 9.98. The largest absolute Gasteiger partial charge is 0.493 e. The minimum atomic E-state index is -0.391. The van der Waals surface area contributed by atoms with Gasteiger partial charge in [0, 0.05) is 16.1 Å². The summed E-state index contributed by atoms with van der Waals surface area (Å²) in [5.41, 5.74) is 7.38. The molecule has 0 radical (unpaired) electrons. The Labute approximate surface area is 91.4 Å². The van der Waals surface area contributed by atoms with E-state index in [9.17, 15) is 4.39 Å². The molecular formula is C10H13BrFNO. The molecule has 2 nitrogen and oxygen atoms in total. The molecule has 1 atom stereocenters. The lowest BCUT2D eigenvalue weighted by atomic mass is 10.0. The van der Waals surface area contributed by atoms with Crippen molar-refractivity contribution in [2.75, 3.05) is 7.11 Å². The number of rotatable bonds is 2. The fraction of sp³-hybridized carbons (Fsp3) is 0.400. The quantitative estimate of drug-likeness (QED) is 0.889. The maximum absolute atomic E-state index is 13.4. The van der Waals surface area contributed by atoms with E-state index in [1.54, 1.807) is 6.92 Å². The second-order valence-electron chi connectivity index (χ2n) is 3.20. The molecule has 0 saturated heterocycles. The topological polar surface area (TPSA) is 35.2 Å². The number of benzene rings is 1. The molecule has 0 aromatic heterocycles. The van der Waals surface area contributed by atoms with Gasteiger partial charge in [-0.15, -0.1) is 0 Å². The van der Waals surface area contributed by atoms with Crippen LogP contribution >= 0.6 is 15.9 Å².